The lowest BCUT2D eigenvalue weighted by Crippen LogP contribution is -2.35. The molecule has 2 aromatic heterocycles. The van der Waals surface area contributed by atoms with Crippen LogP contribution >= 0.6 is 0 Å². The van der Waals surface area contributed by atoms with E-state index >= 15 is 0 Å². The molecule has 1 amide bonds. The Morgan fingerprint density at radius 3 is 2.15 bits per heavy atom. The summed E-state index contributed by atoms with van der Waals surface area (Å²) in [5, 5.41) is 4.13. The minimum Gasteiger partial charge on any atom is -0.317 e. The van der Waals surface area contributed by atoms with E-state index in [1.54, 1.807) is 6.07 Å². The van der Waals surface area contributed by atoms with E-state index in [-0.39, 0.29) is 17.8 Å². The molecular formula is C20H14F6N6O. The van der Waals surface area contributed by atoms with Gasteiger partial charge in [-0.2, -0.15) is 31.0 Å². The van der Waals surface area contributed by atoms with Crippen molar-refractivity contribution >= 4 is 5.91 Å². The third kappa shape index (κ3) is 5.28. The third-order valence-electron chi connectivity index (χ3n) is 4.46. The van der Waals surface area contributed by atoms with Gasteiger partial charge in [-0.25, -0.2) is 15.0 Å². The third-order valence-corrected chi connectivity index (χ3v) is 4.46. The van der Waals surface area contributed by atoms with Gasteiger partial charge in [0.25, 0.3) is 11.9 Å². The zero-order valence-corrected chi connectivity index (χ0v) is 16.8. The maximum absolute atomic E-state index is 13.2. The van der Waals surface area contributed by atoms with Gasteiger partial charge in [0.15, 0.2) is 5.82 Å². The zero-order chi connectivity index (χ0) is 24.4. The minimum atomic E-state index is -5.10. The summed E-state index contributed by atoms with van der Waals surface area (Å²) < 4.78 is 80.3. The van der Waals surface area contributed by atoms with E-state index in [1.165, 1.54) is 30.3 Å². The van der Waals surface area contributed by atoms with E-state index in [0.717, 1.165) is 4.90 Å². The Balaban J connectivity index is 2.00. The Morgan fingerprint density at radius 2 is 1.64 bits per heavy atom. The summed E-state index contributed by atoms with van der Waals surface area (Å²) in [6.45, 7) is 1.01. The van der Waals surface area contributed by atoms with Gasteiger partial charge in [0.2, 0.25) is 0 Å². The quantitative estimate of drug-likeness (QED) is 0.419. The first-order valence-electron chi connectivity index (χ1n) is 9.14. The fourth-order valence-electron chi connectivity index (χ4n) is 2.84. The predicted molar refractivity (Wildman–Crippen MR) is 102 cm³/mol. The van der Waals surface area contributed by atoms with Crippen LogP contribution in [-0.4, -0.2) is 42.1 Å². The van der Waals surface area contributed by atoms with Gasteiger partial charge in [-0.3, -0.25) is 4.79 Å². The molecule has 0 N–H and O–H groups in total. The Morgan fingerprint density at radius 1 is 1.06 bits per heavy atom. The van der Waals surface area contributed by atoms with Crippen LogP contribution in [0.2, 0.25) is 0 Å². The van der Waals surface area contributed by atoms with E-state index in [1.807, 2.05) is 0 Å². The van der Waals surface area contributed by atoms with Gasteiger partial charge in [0.05, 0.1) is 23.7 Å². The van der Waals surface area contributed by atoms with E-state index < -0.39 is 47.5 Å². The molecule has 0 aliphatic carbocycles. The number of aromatic nitrogens is 5. The van der Waals surface area contributed by atoms with E-state index in [9.17, 15) is 31.1 Å². The second kappa shape index (κ2) is 8.89. The van der Waals surface area contributed by atoms with Gasteiger partial charge in [0.1, 0.15) is 6.33 Å². The largest absolute Gasteiger partial charge is 0.416 e. The molecule has 0 spiro atoms. The molecule has 13 heteroatoms. The monoisotopic (exact) mass is 468 g/mol. The van der Waals surface area contributed by atoms with Crippen LogP contribution in [0.25, 0.3) is 5.95 Å². The number of benzene rings is 1. The molecule has 0 aliphatic rings. The molecule has 172 valence electrons. The number of amides is 1. The van der Waals surface area contributed by atoms with Crippen LogP contribution in [0.15, 0.2) is 43.0 Å². The SMILES string of the molecule is C#CCN(C(=O)c1cc(C(F)(F)F)cc(C(F)(F)F)c1)[C@@H](C)c1ncn(-c2ncccn2)n1. The molecule has 0 unspecified atom stereocenters. The average molecular weight is 468 g/mol. The Hall–Kier alpha value is -3.95. The zero-order valence-electron chi connectivity index (χ0n) is 16.8. The van der Waals surface area contributed by atoms with E-state index in [4.69, 9.17) is 6.42 Å². The topological polar surface area (TPSA) is 76.8 Å². The number of rotatable bonds is 5. The molecule has 7 nitrogen and oxygen atoms in total. The molecule has 1 atom stereocenters. The molecule has 3 rings (SSSR count). The van der Waals surface area contributed by atoms with Gasteiger partial charge in [-0.05, 0) is 31.2 Å². The maximum atomic E-state index is 13.2. The fraction of sp³-hybridized carbons (Fsp3) is 0.250. The van der Waals surface area contributed by atoms with Crippen molar-refractivity contribution in [3.8, 4) is 18.3 Å². The summed E-state index contributed by atoms with van der Waals surface area (Å²) in [6, 6.07) is 1.20. The first kappa shape index (κ1) is 23.7. The maximum Gasteiger partial charge on any atom is 0.416 e. The number of halogens is 6. The van der Waals surface area contributed by atoms with Crippen LogP contribution in [0.3, 0.4) is 0 Å². The van der Waals surface area contributed by atoms with Crippen molar-refractivity contribution in [3.63, 3.8) is 0 Å². The lowest BCUT2D eigenvalue weighted by molar-refractivity contribution is -0.143. The average Bonchev–Trinajstić information content (AvgIpc) is 3.26. The fourth-order valence-corrected chi connectivity index (χ4v) is 2.84. The number of carbonyl (C=O) groups excluding carboxylic acids is 1. The lowest BCUT2D eigenvalue weighted by atomic mass is 10.0. The standard InChI is InChI=1S/C20H14F6N6O/c1-3-7-31(12(2)16-29-11-32(30-16)18-27-5-4-6-28-18)17(33)13-8-14(19(21,22)23)10-15(9-13)20(24,25)26/h1,4-6,8-12H,7H2,2H3/t12-/m0/s1. The number of hydrogen-bond acceptors (Lipinski definition) is 5. The smallest absolute Gasteiger partial charge is 0.317 e. The van der Waals surface area contributed by atoms with Gasteiger partial charge < -0.3 is 4.90 Å². The predicted octanol–water partition coefficient (Wildman–Crippen LogP) is 3.93. The second-order valence-corrected chi connectivity index (χ2v) is 6.70. The highest BCUT2D eigenvalue weighted by Crippen LogP contribution is 2.37. The number of nitrogens with zero attached hydrogens (tertiary/aromatic N) is 6. The Bertz CT molecular complexity index is 1150. The Labute approximate surface area is 183 Å². The van der Waals surface area contributed by atoms with Crippen LogP contribution < -0.4 is 0 Å². The van der Waals surface area contributed by atoms with Gasteiger partial charge >= 0.3 is 12.4 Å². The van der Waals surface area contributed by atoms with Crippen molar-refractivity contribution in [1.82, 2.24) is 29.6 Å². The summed E-state index contributed by atoms with van der Waals surface area (Å²) in [6.07, 6.45) is -0.774. The number of terminal acetylenes is 1. The van der Waals surface area contributed by atoms with Gasteiger partial charge in [-0.1, -0.05) is 5.92 Å². The van der Waals surface area contributed by atoms with Crippen LogP contribution in [0.5, 0.6) is 0 Å². The molecular weight excluding hydrogens is 454 g/mol. The molecule has 0 saturated carbocycles. The summed E-state index contributed by atoms with van der Waals surface area (Å²) in [4.78, 5) is 25.9. The van der Waals surface area contributed by atoms with Crippen LogP contribution in [-0.2, 0) is 12.4 Å². The molecule has 3 aromatic rings. The molecule has 0 bridgehead atoms. The summed E-state index contributed by atoms with van der Waals surface area (Å²) in [5.74, 6) is 1.20. The number of alkyl halides is 6. The van der Waals surface area contributed by atoms with Crippen LogP contribution in [0, 0.1) is 12.3 Å². The minimum absolute atomic E-state index is 0.0223. The molecule has 1 aromatic carbocycles. The lowest BCUT2D eigenvalue weighted by Gasteiger charge is -2.26. The summed E-state index contributed by atoms with van der Waals surface area (Å²) >= 11 is 0. The molecule has 33 heavy (non-hydrogen) atoms. The first-order valence-corrected chi connectivity index (χ1v) is 9.14. The van der Waals surface area contributed by atoms with Crippen molar-refractivity contribution in [1.29, 1.82) is 0 Å². The molecule has 0 saturated heterocycles. The highest BCUT2D eigenvalue weighted by atomic mass is 19.4. The van der Waals surface area contributed by atoms with Crippen molar-refractivity contribution in [3.05, 3.63) is 65.5 Å². The number of hydrogen-bond donors (Lipinski definition) is 0. The Kier molecular flexibility index (Phi) is 6.39. The van der Waals surface area contributed by atoms with E-state index in [2.05, 4.69) is 26.0 Å². The summed E-state index contributed by atoms with van der Waals surface area (Å²) in [5.41, 5.74) is -4.06. The molecule has 2 heterocycles. The van der Waals surface area contributed by atoms with Crippen molar-refractivity contribution in [2.45, 2.75) is 25.3 Å². The molecule has 0 aliphatic heterocycles. The van der Waals surface area contributed by atoms with Crippen molar-refractivity contribution in [2.24, 2.45) is 0 Å². The highest BCUT2D eigenvalue weighted by Gasteiger charge is 2.38. The number of carbonyl (C=O) groups is 1. The van der Waals surface area contributed by atoms with Crippen LogP contribution in [0.4, 0.5) is 26.3 Å². The van der Waals surface area contributed by atoms with Crippen LogP contribution in [0.1, 0.15) is 40.3 Å². The second-order valence-electron chi connectivity index (χ2n) is 6.70. The highest BCUT2D eigenvalue weighted by molar-refractivity contribution is 5.95. The van der Waals surface area contributed by atoms with E-state index in [0.29, 0.717) is 12.1 Å². The first-order chi connectivity index (χ1) is 15.4. The van der Waals surface area contributed by atoms with Crippen molar-refractivity contribution < 1.29 is 31.1 Å². The van der Waals surface area contributed by atoms with Gasteiger partial charge in [-0.15, -0.1) is 11.5 Å². The molecule has 0 radical (unpaired) electrons. The van der Waals surface area contributed by atoms with Crippen molar-refractivity contribution in [2.75, 3.05) is 6.54 Å². The normalized spacial score (nSPS) is 12.8. The summed E-state index contributed by atoms with van der Waals surface area (Å²) in [7, 11) is 0. The molecule has 0 fully saturated rings. The van der Waals surface area contributed by atoms with Gasteiger partial charge in [0, 0.05) is 18.0 Å².